The van der Waals surface area contributed by atoms with Crippen molar-refractivity contribution in [3.63, 3.8) is 0 Å². The number of nitrogens with zero attached hydrogens (tertiary/aromatic N) is 2. The molecule has 2 heterocycles. The molecular weight excluding hydrogens is 382 g/mol. The number of halogens is 2. The number of hydrogen-bond acceptors (Lipinski definition) is 3. The zero-order chi connectivity index (χ0) is 20.6. The Balaban J connectivity index is 1.30. The Labute approximate surface area is 167 Å². The Hall–Kier alpha value is -2.71. The van der Waals surface area contributed by atoms with E-state index in [1.54, 1.807) is 4.90 Å². The molecular formula is C20H24F2N4O3. The van der Waals surface area contributed by atoms with Gasteiger partial charge in [0.15, 0.2) is 0 Å². The van der Waals surface area contributed by atoms with Crippen LogP contribution in [0.1, 0.15) is 32.1 Å². The van der Waals surface area contributed by atoms with Crippen LogP contribution in [0.5, 0.6) is 0 Å². The number of anilines is 1. The molecule has 1 unspecified atom stereocenters. The molecule has 3 fully saturated rings. The van der Waals surface area contributed by atoms with Gasteiger partial charge in [-0.1, -0.05) is 6.07 Å². The van der Waals surface area contributed by atoms with Gasteiger partial charge in [0.1, 0.15) is 22.7 Å². The zero-order valence-electron chi connectivity index (χ0n) is 16.0. The lowest BCUT2D eigenvalue weighted by Crippen LogP contribution is -2.44. The van der Waals surface area contributed by atoms with E-state index < -0.39 is 34.6 Å². The first-order chi connectivity index (χ1) is 13.9. The Morgan fingerprint density at radius 2 is 1.86 bits per heavy atom. The van der Waals surface area contributed by atoms with E-state index in [-0.39, 0.29) is 18.6 Å². The molecule has 0 spiro atoms. The zero-order valence-corrected chi connectivity index (χ0v) is 16.0. The predicted octanol–water partition coefficient (Wildman–Crippen LogP) is 2.09. The summed E-state index contributed by atoms with van der Waals surface area (Å²) in [4.78, 5) is 41.1. The van der Waals surface area contributed by atoms with Gasteiger partial charge in [0.25, 0.3) is 0 Å². The molecule has 9 heteroatoms. The van der Waals surface area contributed by atoms with E-state index in [1.165, 1.54) is 6.07 Å². The molecule has 156 valence electrons. The van der Waals surface area contributed by atoms with Crippen molar-refractivity contribution in [2.24, 2.45) is 5.41 Å². The van der Waals surface area contributed by atoms with Gasteiger partial charge in [-0.3, -0.25) is 9.59 Å². The van der Waals surface area contributed by atoms with E-state index in [0.29, 0.717) is 25.9 Å². The third-order valence-corrected chi connectivity index (χ3v) is 6.06. The van der Waals surface area contributed by atoms with Gasteiger partial charge < -0.3 is 20.4 Å². The van der Waals surface area contributed by atoms with Crippen LogP contribution >= 0.6 is 0 Å². The molecule has 1 aromatic carbocycles. The van der Waals surface area contributed by atoms with Crippen molar-refractivity contribution in [2.75, 3.05) is 31.5 Å². The van der Waals surface area contributed by atoms with Gasteiger partial charge in [0, 0.05) is 26.2 Å². The average Bonchev–Trinajstić information content (AvgIpc) is 3.46. The van der Waals surface area contributed by atoms with Crippen molar-refractivity contribution >= 4 is 23.5 Å². The summed E-state index contributed by atoms with van der Waals surface area (Å²) in [6.45, 7) is 2.04. The summed E-state index contributed by atoms with van der Waals surface area (Å²) in [6.07, 6.45) is 3.79. The molecule has 0 bridgehead atoms. The topological polar surface area (TPSA) is 81.8 Å². The van der Waals surface area contributed by atoms with Crippen LogP contribution in [0, 0.1) is 17.0 Å². The van der Waals surface area contributed by atoms with Crippen molar-refractivity contribution in [1.82, 2.24) is 15.1 Å². The lowest BCUT2D eigenvalue weighted by Gasteiger charge is -2.27. The number of para-hydroxylation sites is 1. The standard InChI is InChI=1S/C20H24F2N4O3/c21-14-5-3-6-15(22)16(14)24-18(28)20(7-8-20)17(27)23-9-11-25-12-13-4-1-2-10-26(13)19(25)29/h3,5-6,13H,1-2,4,7-12H2,(H,23,27)(H,24,28). The van der Waals surface area contributed by atoms with Crippen molar-refractivity contribution in [2.45, 2.75) is 38.1 Å². The molecule has 4 amide bonds. The summed E-state index contributed by atoms with van der Waals surface area (Å²) < 4.78 is 27.5. The molecule has 1 aliphatic carbocycles. The van der Waals surface area contributed by atoms with Gasteiger partial charge in [0.05, 0.1) is 6.04 Å². The highest BCUT2D eigenvalue weighted by atomic mass is 19.1. The van der Waals surface area contributed by atoms with Crippen LogP contribution in [0.15, 0.2) is 18.2 Å². The van der Waals surface area contributed by atoms with Crippen LogP contribution < -0.4 is 10.6 Å². The molecule has 1 atom stereocenters. The quantitative estimate of drug-likeness (QED) is 0.710. The molecule has 1 saturated carbocycles. The number of piperidine rings is 1. The third kappa shape index (κ3) is 3.65. The molecule has 0 aromatic heterocycles. The average molecular weight is 406 g/mol. The number of rotatable bonds is 6. The molecule has 2 aliphatic heterocycles. The second-order valence-electron chi connectivity index (χ2n) is 7.96. The van der Waals surface area contributed by atoms with Crippen LogP contribution in [-0.4, -0.2) is 59.9 Å². The van der Waals surface area contributed by atoms with Crippen LogP contribution in [0.25, 0.3) is 0 Å². The van der Waals surface area contributed by atoms with Crippen LogP contribution in [0.4, 0.5) is 19.3 Å². The minimum absolute atomic E-state index is 0.00199. The molecule has 29 heavy (non-hydrogen) atoms. The normalized spacial score (nSPS) is 22.3. The van der Waals surface area contributed by atoms with Crippen LogP contribution in [0.3, 0.4) is 0 Å². The third-order valence-electron chi connectivity index (χ3n) is 6.06. The summed E-state index contributed by atoms with van der Waals surface area (Å²) in [6, 6.07) is 3.53. The number of carbonyl (C=O) groups is 3. The summed E-state index contributed by atoms with van der Waals surface area (Å²) in [7, 11) is 0. The first kappa shape index (κ1) is 19.6. The minimum Gasteiger partial charge on any atom is -0.353 e. The molecule has 2 saturated heterocycles. The van der Waals surface area contributed by atoms with E-state index in [2.05, 4.69) is 10.6 Å². The van der Waals surface area contributed by atoms with Crippen molar-refractivity contribution in [3.05, 3.63) is 29.8 Å². The van der Waals surface area contributed by atoms with Crippen LogP contribution in [0.2, 0.25) is 0 Å². The number of nitrogens with one attached hydrogen (secondary N) is 2. The van der Waals surface area contributed by atoms with E-state index >= 15 is 0 Å². The van der Waals surface area contributed by atoms with Crippen molar-refractivity contribution < 1.29 is 23.2 Å². The number of urea groups is 1. The van der Waals surface area contributed by atoms with Crippen molar-refractivity contribution in [3.8, 4) is 0 Å². The second-order valence-corrected chi connectivity index (χ2v) is 7.96. The van der Waals surface area contributed by atoms with E-state index in [0.717, 1.165) is 37.9 Å². The summed E-state index contributed by atoms with van der Waals surface area (Å²) in [5.41, 5.74) is -1.85. The van der Waals surface area contributed by atoms with Gasteiger partial charge in [-0.15, -0.1) is 0 Å². The SMILES string of the molecule is O=C1N(CCNC(=O)C2(C(=O)Nc3c(F)cccc3F)CC2)CC2CCCCN12. The fourth-order valence-electron chi connectivity index (χ4n) is 4.15. The maximum absolute atomic E-state index is 13.8. The van der Waals surface area contributed by atoms with Gasteiger partial charge in [-0.25, -0.2) is 13.6 Å². The maximum Gasteiger partial charge on any atom is 0.320 e. The molecule has 7 nitrogen and oxygen atoms in total. The maximum atomic E-state index is 13.8. The molecule has 2 N–H and O–H groups in total. The Morgan fingerprint density at radius 1 is 1.14 bits per heavy atom. The number of benzene rings is 1. The van der Waals surface area contributed by atoms with E-state index in [9.17, 15) is 23.2 Å². The lowest BCUT2D eigenvalue weighted by atomic mass is 10.0. The summed E-state index contributed by atoms with van der Waals surface area (Å²) in [5.74, 6) is -2.97. The summed E-state index contributed by atoms with van der Waals surface area (Å²) in [5, 5.41) is 4.92. The van der Waals surface area contributed by atoms with Gasteiger partial charge in [-0.05, 0) is 44.2 Å². The predicted molar refractivity (Wildman–Crippen MR) is 101 cm³/mol. The number of fused-ring (bicyclic) bond motifs is 1. The Morgan fingerprint density at radius 3 is 2.52 bits per heavy atom. The number of hydrogen-bond donors (Lipinski definition) is 2. The van der Waals surface area contributed by atoms with Crippen LogP contribution in [-0.2, 0) is 9.59 Å². The van der Waals surface area contributed by atoms with Gasteiger partial charge in [-0.2, -0.15) is 0 Å². The molecule has 1 aromatic rings. The monoisotopic (exact) mass is 406 g/mol. The highest BCUT2D eigenvalue weighted by Gasteiger charge is 2.56. The summed E-state index contributed by atoms with van der Waals surface area (Å²) >= 11 is 0. The first-order valence-electron chi connectivity index (χ1n) is 10.0. The minimum atomic E-state index is -1.30. The smallest absolute Gasteiger partial charge is 0.320 e. The highest BCUT2D eigenvalue weighted by molar-refractivity contribution is 6.13. The molecule has 4 rings (SSSR count). The number of amides is 4. The fourth-order valence-corrected chi connectivity index (χ4v) is 4.15. The Bertz CT molecular complexity index is 823. The highest BCUT2D eigenvalue weighted by Crippen LogP contribution is 2.47. The second kappa shape index (κ2) is 7.61. The van der Waals surface area contributed by atoms with E-state index in [4.69, 9.17) is 0 Å². The molecule has 0 radical (unpaired) electrons. The fraction of sp³-hybridized carbons (Fsp3) is 0.550. The number of carbonyl (C=O) groups excluding carboxylic acids is 3. The molecule has 3 aliphatic rings. The van der Waals surface area contributed by atoms with E-state index in [1.807, 2.05) is 4.90 Å². The lowest BCUT2D eigenvalue weighted by molar-refractivity contribution is -0.134. The van der Waals surface area contributed by atoms with Gasteiger partial charge in [0.2, 0.25) is 11.8 Å². The van der Waals surface area contributed by atoms with Gasteiger partial charge >= 0.3 is 6.03 Å². The van der Waals surface area contributed by atoms with Crippen molar-refractivity contribution in [1.29, 1.82) is 0 Å². The Kier molecular flexibility index (Phi) is 5.14. The largest absolute Gasteiger partial charge is 0.353 e. The first-order valence-corrected chi connectivity index (χ1v) is 10.0.